The van der Waals surface area contributed by atoms with Gasteiger partial charge in [0.05, 0.1) is 7.11 Å². The number of carbonyl (C=O) groups is 1. The molecule has 7 nitrogen and oxygen atoms in total. The van der Waals surface area contributed by atoms with Gasteiger partial charge in [-0.2, -0.15) is 0 Å². The van der Waals surface area contributed by atoms with Gasteiger partial charge in [-0.15, -0.1) is 0 Å². The van der Waals surface area contributed by atoms with E-state index in [9.17, 15) is 4.79 Å². The SMILES string of the molecule is COc1ccc(-c2cc(C(=O)NCCN3CCNCC3)nc(C)c2CN)cc1. The van der Waals surface area contributed by atoms with Crippen molar-refractivity contribution >= 4 is 5.91 Å². The number of nitrogens with zero attached hydrogens (tertiary/aromatic N) is 2. The molecule has 0 radical (unpaired) electrons. The minimum Gasteiger partial charge on any atom is -0.497 e. The lowest BCUT2D eigenvalue weighted by Crippen LogP contribution is -2.46. The summed E-state index contributed by atoms with van der Waals surface area (Å²) in [6, 6.07) is 9.58. The van der Waals surface area contributed by atoms with Crippen molar-refractivity contribution in [3.05, 3.63) is 47.3 Å². The molecule has 28 heavy (non-hydrogen) atoms. The van der Waals surface area contributed by atoms with Crippen LogP contribution >= 0.6 is 0 Å². The number of nitrogens with two attached hydrogens (primary N) is 1. The summed E-state index contributed by atoms with van der Waals surface area (Å²) in [6.07, 6.45) is 0. The van der Waals surface area contributed by atoms with Crippen molar-refractivity contribution in [1.29, 1.82) is 0 Å². The van der Waals surface area contributed by atoms with Crippen molar-refractivity contribution in [2.75, 3.05) is 46.4 Å². The number of hydrogen-bond donors (Lipinski definition) is 3. The van der Waals surface area contributed by atoms with Crippen LogP contribution in [0.5, 0.6) is 5.75 Å². The number of benzene rings is 1. The van der Waals surface area contributed by atoms with Gasteiger partial charge in [-0.3, -0.25) is 9.69 Å². The zero-order chi connectivity index (χ0) is 19.9. The highest BCUT2D eigenvalue weighted by molar-refractivity contribution is 5.94. The lowest BCUT2D eigenvalue weighted by molar-refractivity contribution is 0.0942. The number of ether oxygens (including phenoxy) is 1. The number of aromatic nitrogens is 1. The molecule has 3 rings (SSSR count). The van der Waals surface area contributed by atoms with Crippen molar-refractivity contribution in [2.45, 2.75) is 13.5 Å². The third-order valence-corrected chi connectivity index (χ3v) is 5.09. The van der Waals surface area contributed by atoms with E-state index in [2.05, 4.69) is 20.5 Å². The van der Waals surface area contributed by atoms with Gasteiger partial charge in [0.2, 0.25) is 0 Å². The number of nitrogens with one attached hydrogen (secondary N) is 2. The molecule has 4 N–H and O–H groups in total. The molecule has 0 unspecified atom stereocenters. The average Bonchev–Trinajstić information content (AvgIpc) is 2.74. The molecule has 0 bridgehead atoms. The third kappa shape index (κ3) is 4.86. The number of piperazine rings is 1. The minimum absolute atomic E-state index is 0.156. The molecule has 1 aromatic heterocycles. The highest BCUT2D eigenvalue weighted by Gasteiger charge is 2.16. The molecule has 0 spiro atoms. The maximum Gasteiger partial charge on any atom is 0.269 e. The first kappa shape index (κ1) is 20.3. The molecule has 1 amide bonds. The molecular formula is C21H29N5O2. The van der Waals surface area contributed by atoms with Crippen molar-refractivity contribution in [3.8, 4) is 16.9 Å². The van der Waals surface area contributed by atoms with E-state index >= 15 is 0 Å². The molecule has 1 saturated heterocycles. The van der Waals surface area contributed by atoms with Crippen LogP contribution in [0.4, 0.5) is 0 Å². The number of hydrogen-bond acceptors (Lipinski definition) is 6. The van der Waals surface area contributed by atoms with Crippen LogP contribution in [0.25, 0.3) is 11.1 Å². The van der Waals surface area contributed by atoms with E-state index in [1.165, 1.54) is 0 Å². The van der Waals surface area contributed by atoms with E-state index in [1.807, 2.05) is 37.3 Å². The maximum atomic E-state index is 12.7. The molecule has 2 aromatic rings. The summed E-state index contributed by atoms with van der Waals surface area (Å²) in [4.78, 5) is 19.5. The molecule has 1 aliphatic rings. The molecular weight excluding hydrogens is 354 g/mol. The smallest absolute Gasteiger partial charge is 0.269 e. The second-order valence-corrected chi connectivity index (χ2v) is 6.90. The Kier molecular flexibility index (Phi) is 6.97. The molecule has 2 heterocycles. The zero-order valence-electron chi connectivity index (χ0n) is 16.6. The Hall–Kier alpha value is -2.48. The standard InChI is InChI=1S/C21H29N5O2/c1-15-19(14-22)18(16-3-5-17(28-2)6-4-16)13-20(25-15)21(27)24-9-12-26-10-7-23-8-11-26/h3-6,13,23H,7-12,14,22H2,1-2H3,(H,24,27). The largest absolute Gasteiger partial charge is 0.497 e. The highest BCUT2D eigenvalue weighted by atomic mass is 16.5. The Bertz CT molecular complexity index is 801. The number of methoxy groups -OCH3 is 1. The van der Waals surface area contributed by atoms with Crippen LogP contribution < -0.4 is 21.1 Å². The number of carbonyl (C=O) groups excluding carboxylic acids is 1. The van der Waals surface area contributed by atoms with Crippen LogP contribution in [0.3, 0.4) is 0 Å². The fourth-order valence-electron chi connectivity index (χ4n) is 3.45. The lowest BCUT2D eigenvalue weighted by atomic mass is 9.98. The second kappa shape index (κ2) is 9.64. The first-order valence-electron chi connectivity index (χ1n) is 9.68. The van der Waals surface area contributed by atoms with Gasteiger partial charge in [0, 0.05) is 51.5 Å². The zero-order valence-corrected chi connectivity index (χ0v) is 16.6. The van der Waals surface area contributed by atoms with E-state index in [1.54, 1.807) is 7.11 Å². The van der Waals surface area contributed by atoms with Crippen LogP contribution in [-0.4, -0.2) is 62.2 Å². The fourth-order valence-corrected chi connectivity index (χ4v) is 3.45. The Morgan fingerprint density at radius 3 is 2.64 bits per heavy atom. The topological polar surface area (TPSA) is 92.5 Å². The van der Waals surface area contributed by atoms with Gasteiger partial charge in [-0.1, -0.05) is 12.1 Å². The molecule has 0 saturated carbocycles. The van der Waals surface area contributed by atoms with Crippen molar-refractivity contribution in [3.63, 3.8) is 0 Å². The van der Waals surface area contributed by atoms with E-state index in [0.29, 0.717) is 18.8 Å². The summed E-state index contributed by atoms with van der Waals surface area (Å²) in [5, 5.41) is 6.32. The second-order valence-electron chi connectivity index (χ2n) is 6.90. The van der Waals surface area contributed by atoms with Gasteiger partial charge in [0.15, 0.2) is 0 Å². The molecule has 1 fully saturated rings. The molecule has 1 aliphatic heterocycles. The number of amides is 1. The normalized spacial score (nSPS) is 14.7. The third-order valence-electron chi connectivity index (χ3n) is 5.09. The Morgan fingerprint density at radius 1 is 1.29 bits per heavy atom. The van der Waals surface area contributed by atoms with Gasteiger partial charge >= 0.3 is 0 Å². The van der Waals surface area contributed by atoms with Gasteiger partial charge < -0.3 is 21.1 Å². The van der Waals surface area contributed by atoms with E-state index in [0.717, 1.165) is 60.9 Å². The van der Waals surface area contributed by atoms with Crippen molar-refractivity contribution < 1.29 is 9.53 Å². The molecule has 0 aliphatic carbocycles. The molecule has 150 valence electrons. The summed E-state index contributed by atoms with van der Waals surface area (Å²) in [7, 11) is 1.64. The Morgan fingerprint density at radius 2 is 2.00 bits per heavy atom. The van der Waals surface area contributed by atoms with Gasteiger partial charge in [-0.05, 0) is 41.8 Å². The predicted octanol–water partition coefficient (Wildman–Crippen LogP) is 1.16. The summed E-state index contributed by atoms with van der Waals surface area (Å²) in [5.41, 5.74) is 10.0. The monoisotopic (exact) mass is 383 g/mol. The average molecular weight is 383 g/mol. The predicted molar refractivity (Wildman–Crippen MR) is 110 cm³/mol. The summed E-state index contributed by atoms with van der Waals surface area (Å²) >= 11 is 0. The number of rotatable bonds is 7. The molecule has 0 atom stereocenters. The van der Waals surface area contributed by atoms with Crippen LogP contribution in [0.15, 0.2) is 30.3 Å². The summed E-state index contributed by atoms with van der Waals surface area (Å²) < 4.78 is 5.23. The van der Waals surface area contributed by atoms with Crippen molar-refractivity contribution in [2.24, 2.45) is 5.73 Å². The molecule has 7 heteroatoms. The fraction of sp³-hybridized carbons (Fsp3) is 0.429. The summed E-state index contributed by atoms with van der Waals surface area (Å²) in [5.74, 6) is 0.631. The van der Waals surface area contributed by atoms with E-state index < -0.39 is 0 Å². The quantitative estimate of drug-likeness (QED) is 0.665. The van der Waals surface area contributed by atoms with E-state index in [4.69, 9.17) is 10.5 Å². The Labute approximate surface area is 166 Å². The summed E-state index contributed by atoms with van der Waals surface area (Å²) in [6.45, 7) is 7.74. The highest BCUT2D eigenvalue weighted by Crippen LogP contribution is 2.28. The first-order valence-corrected chi connectivity index (χ1v) is 9.68. The van der Waals surface area contributed by atoms with Crippen LogP contribution in [0.2, 0.25) is 0 Å². The van der Waals surface area contributed by atoms with Gasteiger partial charge in [0.1, 0.15) is 11.4 Å². The molecule has 1 aromatic carbocycles. The Balaban J connectivity index is 1.75. The number of pyridine rings is 1. The maximum absolute atomic E-state index is 12.7. The van der Waals surface area contributed by atoms with Gasteiger partial charge in [0.25, 0.3) is 5.91 Å². The van der Waals surface area contributed by atoms with Crippen molar-refractivity contribution in [1.82, 2.24) is 20.5 Å². The van der Waals surface area contributed by atoms with Crippen LogP contribution in [0.1, 0.15) is 21.7 Å². The minimum atomic E-state index is -0.156. The van der Waals surface area contributed by atoms with Gasteiger partial charge in [-0.25, -0.2) is 4.98 Å². The first-order chi connectivity index (χ1) is 13.6. The van der Waals surface area contributed by atoms with E-state index in [-0.39, 0.29) is 5.91 Å². The number of aryl methyl sites for hydroxylation is 1. The van der Waals surface area contributed by atoms with Crippen LogP contribution in [-0.2, 0) is 6.54 Å². The van der Waals surface area contributed by atoms with Crippen LogP contribution in [0, 0.1) is 6.92 Å². The lowest BCUT2D eigenvalue weighted by Gasteiger charge is -2.27.